The summed E-state index contributed by atoms with van der Waals surface area (Å²) in [4.78, 5) is 14.5. The Morgan fingerprint density at radius 2 is 2.05 bits per heavy atom. The van der Waals surface area contributed by atoms with Crippen LogP contribution in [-0.4, -0.2) is 36.5 Å². The molecule has 3 nitrogen and oxygen atoms in total. The molecule has 4 heteroatoms. The fraction of sp³-hybridized carbons (Fsp3) is 0.588. The molecule has 2 aliphatic heterocycles. The molecule has 1 amide bonds. The number of nitrogens with one attached hydrogen (secondary N) is 1. The molecule has 0 radical (unpaired) electrons. The van der Waals surface area contributed by atoms with Crippen LogP contribution in [0.2, 0.25) is 5.02 Å². The van der Waals surface area contributed by atoms with Crippen molar-refractivity contribution >= 4 is 17.5 Å². The van der Waals surface area contributed by atoms with Gasteiger partial charge in [0.15, 0.2) is 0 Å². The molecule has 2 aliphatic rings. The van der Waals surface area contributed by atoms with E-state index in [4.69, 9.17) is 11.6 Å². The summed E-state index contributed by atoms with van der Waals surface area (Å²) in [5, 5.41) is 4.16. The predicted octanol–water partition coefficient (Wildman–Crippen LogP) is 3.25. The maximum Gasteiger partial charge on any atom is 0.255 e. The normalized spacial score (nSPS) is 23.5. The van der Waals surface area contributed by atoms with Gasteiger partial charge in [0.2, 0.25) is 0 Å². The Morgan fingerprint density at radius 1 is 1.29 bits per heavy atom. The van der Waals surface area contributed by atoms with E-state index in [2.05, 4.69) is 5.32 Å². The molecule has 0 aliphatic carbocycles. The number of halogens is 1. The minimum absolute atomic E-state index is 0.0813. The van der Waals surface area contributed by atoms with Crippen molar-refractivity contribution < 1.29 is 4.79 Å². The molecule has 3 rings (SSSR count). The molecule has 0 spiro atoms. The Labute approximate surface area is 131 Å². The summed E-state index contributed by atoms with van der Waals surface area (Å²) in [5.41, 5.74) is 1.72. The van der Waals surface area contributed by atoms with Crippen LogP contribution in [0.15, 0.2) is 18.2 Å². The van der Waals surface area contributed by atoms with Crippen LogP contribution >= 0.6 is 11.6 Å². The van der Waals surface area contributed by atoms with Crippen LogP contribution in [0.25, 0.3) is 0 Å². The van der Waals surface area contributed by atoms with Gasteiger partial charge in [0, 0.05) is 19.1 Å². The zero-order valence-electron chi connectivity index (χ0n) is 12.6. The molecular formula is C17H23ClN2O. The highest BCUT2D eigenvalue weighted by Gasteiger charge is 2.30. The molecule has 2 saturated heterocycles. The summed E-state index contributed by atoms with van der Waals surface area (Å²) < 4.78 is 0. The smallest absolute Gasteiger partial charge is 0.255 e. The highest BCUT2D eigenvalue weighted by molar-refractivity contribution is 6.33. The van der Waals surface area contributed by atoms with E-state index in [1.54, 1.807) is 0 Å². The first-order valence-corrected chi connectivity index (χ1v) is 8.32. The molecule has 2 fully saturated rings. The average molecular weight is 307 g/mol. The lowest BCUT2D eigenvalue weighted by molar-refractivity contribution is 0.0674. The molecule has 114 valence electrons. The largest absolute Gasteiger partial charge is 0.339 e. The Kier molecular flexibility index (Phi) is 4.51. The first-order valence-electron chi connectivity index (χ1n) is 7.94. The third kappa shape index (κ3) is 3.24. The number of hydrogen-bond donors (Lipinski definition) is 1. The number of carbonyl (C=O) groups is 1. The lowest BCUT2D eigenvalue weighted by Gasteiger charge is -2.35. The van der Waals surface area contributed by atoms with Crippen molar-refractivity contribution in [1.82, 2.24) is 10.2 Å². The van der Waals surface area contributed by atoms with E-state index in [-0.39, 0.29) is 5.91 Å². The van der Waals surface area contributed by atoms with Crippen molar-refractivity contribution in [2.45, 2.75) is 38.6 Å². The maximum absolute atomic E-state index is 12.6. The predicted molar refractivity (Wildman–Crippen MR) is 85.8 cm³/mol. The van der Waals surface area contributed by atoms with Crippen molar-refractivity contribution in [3.8, 4) is 0 Å². The number of benzene rings is 1. The lowest BCUT2D eigenvalue weighted by Crippen LogP contribution is -2.43. The molecule has 1 aromatic carbocycles. The fourth-order valence-electron chi connectivity index (χ4n) is 3.58. The zero-order valence-corrected chi connectivity index (χ0v) is 13.3. The summed E-state index contributed by atoms with van der Waals surface area (Å²) in [6.07, 6.45) is 4.80. The van der Waals surface area contributed by atoms with Crippen LogP contribution in [-0.2, 0) is 0 Å². The standard InChI is InChI=1S/C17H23ClN2O/c1-12-4-5-14(15(18)11-12)17(21)20-9-6-13(7-10-20)16-3-2-8-19-16/h4-5,11,13,16,19H,2-3,6-10H2,1H3. The molecule has 1 N–H and O–H groups in total. The molecule has 0 bridgehead atoms. The number of rotatable bonds is 2. The van der Waals surface area contributed by atoms with Gasteiger partial charge < -0.3 is 10.2 Å². The summed E-state index contributed by atoms with van der Waals surface area (Å²) in [6, 6.07) is 6.34. The van der Waals surface area contributed by atoms with Gasteiger partial charge in [-0.1, -0.05) is 17.7 Å². The van der Waals surface area contributed by atoms with Crippen LogP contribution in [0.1, 0.15) is 41.6 Å². The maximum atomic E-state index is 12.6. The first kappa shape index (κ1) is 14.9. The summed E-state index contributed by atoms with van der Waals surface area (Å²) in [7, 11) is 0. The molecule has 2 heterocycles. The number of hydrogen-bond acceptors (Lipinski definition) is 2. The fourth-order valence-corrected chi connectivity index (χ4v) is 3.90. The molecular weight excluding hydrogens is 284 g/mol. The molecule has 0 saturated carbocycles. The van der Waals surface area contributed by atoms with Gasteiger partial charge in [-0.05, 0) is 62.8 Å². The second kappa shape index (κ2) is 6.37. The van der Waals surface area contributed by atoms with Crippen molar-refractivity contribution in [3.63, 3.8) is 0 Å². The van der Waals surface area contributed by atoms with E-state index in [1.165, 1.54) is 12.8 Å². The number of amides is 1. The van der Waals surface area contributed by atoms with E-state index in [0.29, 0.717) is 16.6 Å². The molecule has 1 aromatic rings. The van der Waals surface area contributed by atoms with Gasteiger partial charge in [0.05, 0.1) is 10.6 Å². The van der Waals surface area contributed by atoms with Gasteiger partial charge in [-0.3, -0.25) is 4.79 Å². The van der Waals surface area contributed by atoms with E-state index < -0.39 is 0 Å². The van der Waals surface area contributed by atoms with Gasteiger partial charge in [-0.2, -0.15) is 0 Å². The highest BCUT2D eigenvalue weighted by atomic mass is 35.5. The second-order valence-corrected chi connectivity index (χ2v) is 6.72. The minimum Gasteiger partial charge on any atom is -0.339 e. The molecule has 1 unspecified atom stereocenters. The number of likely N-dealkylation sites (tertiary alicyclic amines) is 1. The SMILES string of the molecule is Cc1ccc(C(=O)N2CCC(C3CCCN3)CC2)c(Cl)c1. The van der Waals surface area contributed by atoms with Crippen molar-refractivity contribution in [2.75, 3.05) is 19.6 Å². The third-order valence-electron chi connectivity index (χ3n) is 4.85. The molecule has 0 aromatic heterocycles. The number of carbonyl (C=O) groups excluding carboxylic acids is 1. The van der Waals surface area contributed by atoms with E-state index in [1.807, 2.05) is 30.0 Å². The van der Waals surface area contributed by atoms with Gasteiger partial charge in [0.1, 0.15) is 0 Å². The molecule has 21 heavy (non-hydrogen) atoms. The van der Waals surface area contributed by atoms with E-state index >= 15 is 0 Å². The van der Waals surface area contributed by atoms with Gasteiger partial charge in [0.25, 0.3) is 5.91 Å². The second-order valence-electron chi connectivity index (χ2n) is 6.32. The van der Waals surface area contributed by atoms with Crippen LogP contribution in [0.4, 0.5) is 0 Å². The van der Waals surface area contributed by atoms with Crippen molar-refractivity contribution in [2.24, 2.45) is 5.92 Å². The van der Waals surface area contributed by atoms with Crippen molar-refractivity contribution in [3.05, 3.63) is 34.3 Å². The summed E-state index contributed by atoms with van der Waals surface area (Å²) in [5.74, 6) is 0.808. The number of nitrogens with zero attached hydrogens (tertiary/aromatic N) is 1. The van der Waals surface area contributed by atoms with E-state index in [9.17, 15) is 4.79 Å². The van der Waals surface area contributed by atoms with Crippen LogP contribution in [0.5, 0.6) is 0 Å². The number of piperidine rings is 1. The monoisotopic (exact) mass is 306 g/mol. The van der Waals surface area contributed by atoms with Crippen molar-refractivity contribution in [1.29, 1.82) is 0 Å². The Bertz CT molecular complexity index is 518. The Hall–Kier alpha value is -1.06. The Morgan fingerprint density at radius 3 is 2.67 bits per heavy atom. The van der Waals surface area contributed by atoms with Crippen LogP contribution in [0.3, 0.4) is 0 Å². The highest BCUT2D eigenvalue weighted by Crippen LogP contribution is 2.27. The van der Waals surface area contributed by atoms with E-state index in [0.717, 1.165) is 44.0 Å². The summed E-state index contributed by atoms with van der Waals surface area (Å²) in [6.45, 7) is 4.85. The zero-order chi connectivity index (χ0) is 14.8. The van der Waals surface area contributed by atoms with Gasteiger partial charge >= 0.3 is 0 Å². The topological polar surface area (TPSA) is 32.3 Å². The summed E-state index contributed by atoms with van der Waals surface area (Å²) >= 11 is 6.22. The minimum atomic E-state index is 0.0813. The lowest BCUT2D eigenvalue weighted by atomic mass is 9.88. The first-order chi connectivity index (χ1) is 10.1. The van der Waals surface area contributed by atoms with Gasteiger partial charge in [-0.15, -0.1) is 0 Å². The van der Waals surface area contributed by atoms with Crippen LogP contribution in [0, 0.1) is 12.8 Å². The Balaban J connectivity index is 1.62. The quantitative estimate of drug-likeness (QED) is 0.909. The third-order valence-corrected chi connectivity index (χ3v) is 5.16. The average Bonchev–Trinajstić information content (AvgIpc) is 3.01. The molecule has 1 atom stereocenters. The van der Waals surface area contributed by atoms with Gasteiger partial charge in [-0.25, -0.2) is 0 Å². The van der Waals surface area contributed by atoms with Crippen LogP contribution < -0.4 is 5.32 Å². The number of aryl methyl sites for hydroxylation is 1.